The van der Waals surface area contributed by atoms with Crippen LogP contribution in [0.1, 0.15) is 37.3 Å². The fourth-order valence-corrected chi connectivity index (χ4v) is 3.94. The van der Waals surface area contributed by atoms with Gasteiger partial charge in [-0.2, -0.15) is 0 Å². The highest BCUT2D eigenvalue weighted by Crippen LogP contribution is 2.44. The molecule has 8 nitrogen and oxygen atoms in total. The van der Waals surface area contributed by atoms with Crippen LogP contribution in [0.4, 0.5) is 4.79 Å². The van der Waals surface area contributed by atoms with Crippen LogP contribution in [0.2, 0.25) is 0 Å². The summed E-state index contributed by atoms with van der Waals surface area (Å²) in [6.45, 7) is 3.33. The van der Waals surface area contributed by atoms with E-state index in [1.54, 1.807) is 13.8 Å². The lowest BCUT2D eigenvalue weighted by molar-refractivity contribution is -0.137. The molecule has 32 heavy (non-hydrogen) atoms. The summed E-state index contributed by atoms with van der Waals surface area (Å²) in [5.41, 5.74) is 4.41. The third-order valence-electron chi connectivity index (χ3n) is 5.61. The molecule has 3 unspecified atom stereocenters. The van der Waals surface area contributed by atoms with Crippen molar-refractivity contribution in [2.45, 2.75) is 44.4 Å². The van der Waals surface area contributed by atoms with Crippen LogP contribution < -0.4 is 10.6 Å². The Bertz CT molecular complexity index is 946. The third kappa shape index (κ3) is 5.26. The smallest absolute Gasteiger partial charge is 0.407 e. The van der Waals surface area contributed by atoms with Gasteiger partial charge in [0.1, 0.15) is 12.6 Å². The molecule has 0 aromatic heterocycles. The number of benzene rings is 2. The topological polar surface area (TPSA) is 114 Å². The zero-order chi connectivity index (χ0) is 23.3. The van der Waals surface area contributed by atoms with E-state index in [0.717, 1.165) is 22.3 Å². The lowest BCUT2D eigenvalue weighted by atomic mass is 9.98. The molecule has 3 rings (SSSR count). The van der Waals surface area contributed by atoms with E-state index in [-0.39, 0.29) is 18.9 Å². The Balaban J connectivity index is 1.66. The predicted molar refractivity (Wildman–Crippen MR) is 118 cm³/mol. The van der Waals surface area contributed by atoms with Gasteiger partial charge in [-0.15, -0.1) is 0 Å². The molecule has 2 aromatic carbocycles. The molecule has 3 N–H and O–H groups in total. The number of ether oxygens (including phenoxy) is 2. The molecule has 0 radical (unpaired) electrons. The average Bonchev–Trinajstić information content (AvgIpc) is 3.08. The summed E-state index contributed by atoms with van der Waals surface area (Å²) in [6, 6.07) is 14.4. The summed E-state index contributed by atoms with van der Waals surface area (Å²) in [5.74, 6) is -1.67. The minimum absolute atomic E-state index is 0.101. The van der Waals surface area contributed by atoms with Gasteiger partial charge in [0.05, 0.1) is 12.5 Å². The number of methoxy groups -OCH3 is 1. The number of carboxylic acid groups (broad SMARTS) is 1. The van der Waals surface area contributed by atoms with Crippen LogP contribution >= 0.6 is 0 Å². The Morgan fingerprint density at radius 1 is 0.969 bits per heavy atom. The van der Waals surface area contributed by atoms with Crippen molar-refractivity contribution in [3.8, 4) is 11.1 Å². The van der Waals surface area contributed by atoms with Crippen molar-refractivity contribution in [2.75, 3.05) is 13.7 Å². The first kappa shape index (κ1) is 23.3. The summed E-state index contributed by atoms with van der Waals surface area (Å²) in [6.07, 6.45) is -1.63. The van der Waals surface area contributed by atoms with Crippen LogP contribution in [0.3, 0.4) is 0 Å². The molecule has 0 bridgehead atoms. The molecule has 1 aliphatic rings. The number of rotatable bonds is 9. The molecule has 8 heteroatoms. The van der Waals surface area contributed by atoms with Crippen molar-refractivity contribution in [1.82, 2.24) is 10.6 Å². The van der Waals surface area contributed by atoms with Gasteiger partial charge >= 0.3 is 12.1 Å². The number of carbonyl (C=O) groups excluding carboxylic acids is 2. The molecule has 0 fully saturated rings. The molecule has 1 aliphatic carbocycles. The fraction of sp³-hybridized carbons (Fsp3) is 0.375. The second-order valence-corrected chi connectivity index (χ2v) is 7.90. The Kier molecular flexibility index (Phi) is 7.48. The van der Waals surface area contributed by atoms with E-state index in [1.165, 1.54) is 7.11 Å². The number of hydrogen-bond acceptors (Lipinski definition) is 5. The van der Waals surface area contributed by atoms with Crippen molar-refractivity contribution < 1.29 is 29.0 Å². The van der Waals surface area contributed by atoms with Crippen LogP contribution in [-0.2, 0) is 19.1 Å². The first-order valence-corrected chi connectivity index (χ1v) is 10.5. The van der Waals surface area contributed by atoms with Crippen molar-refractivity contribution in [1.29, 1.82) is 0 Å². The number of carbonyl (C=O) groups is 3. The molecule has 0 aliphatic heterocycles. The maximum atomic E-state index is 12.6. The third-order valence-corrected chi connectivity index (χ3v) is 5.61. The van der Waals surface area contributed by atoms with Gasteiger partial charge < -0.3 is 25.2 Å². The lowest BCUT2D eigenvalue weighted by Crippen LogP contribution is -2.54. The monoisotopic (exact) mass is 440 g/mol. The molecule has 0 saturated heterocycles. The van der Waals surface area contributed by atoms with Crippen molar-refractivity contribution in [2.24, 2.45) is 0 Å². The van der Waals surface area contributed by atoms with Crippen molar-refractivity contribution in [3.63, 3.8) is 0 Å². The highest BCUT2D eigenvalue weighted by Gasteiger charge is 2.31. The van der Waals surface area contributed by atoms with Gasteiger partial charge in [0.25, 0.3) is 0 Å². The van der Waals surface area contributed by atoms with Crippen LogP contribution in [0.25, 0.3) is 11.1 Å². The largest absolute Gasteiger partial charge is 0.481 e. The number of alkyl carbamates (subject to hydrolysis) is 1. The van der Waals surface area contributed by atoms with Crippen LogP contribution in [0.5, 0.6) is 0 Å². The Morgan fingerprint density at radius 3 is 2.06 bits per heavy atom. The van der Waals surface area contributed by atoms with Crippen LogP contribution in [-0.4, -0.2) is 55.0 Å². The van der Waals surface area contributed by atoms with E-state index >= 15 is 0 Å². The van der Waals surface area contributed by atoms with Crippen LogP contribution in [0, 0.1) is 0 Å². The Morgan fingerprint density at radius 2 is 1.53 bits per heavy atom. The molecule has 3 atom stereocenters. The molecule has 0 heterocycles. The molecule has 2 aromatic rings. The van der Waals surface area contributed by atoms with E-state index in [0.29, 0.717) is 0 Å². The summed E-state index contributed by atoms with van der Waals surface area (Å²) in [4.78, 5) is 36.0. The Hall–Kier alpha value is -3.39. The maximum absolute atomic E-state index is 12.6. The van der Waals surface area contributed by atoms with E-state index in [1.807, 2.05) is 48.5 Å². The van der Waals surface area contributed by atoms with E-state index in [4.69, 9.17) is 14.6 Å². The SMILES string of the molecule is COC(C)C(NC(=O)OCC1c2ccccc2-c2ccccc21)C(=O)NC(C)CC(=O)O. The number of amides is 2. The van der Waals surface area contributed by atoms with Gasteiger partial charge in [0, 0.05) is 19.1 Å². The van der Waals surface area contributed by atoms with Gasteiger partial charge in [0.15, 0.2) is 0 Å². The summed E-state index contributed by atoms with van der Waals surface area (Å²) >= 11 is 0. The van der Waals surface area contributed by atoms with E-state index in [9.17, 15) is 14.4 Å². The van der Waals surface area contributed by atoms with Crippen molar-refractivity contribution in [3.05, 3.63) is 59.7 Å². The van der Waals surface area contributed by atoms with Gasteiger partial charge in [-0.3, -0.25) is 9.59 Å². The molecule has 170 valence electrons. The Labute approximate surface area is 186 Å². The standard InChI is InChI=1S/C24H28N2O6/c1-14(12-21(27)28)25-23(29)22(15(2)31-3)26-24(30)32-13-20-18-10-6-4-8-16(18)17-9-5-7-11-19(17)20/h4-11,14-15,20,22H,12-13H2,1-3H3,(H,25,29)(H,26,30)(H,27,28). The first-order valence-electron chi connectivity index (χ1n) is 10.5. The lowest BCUT2D eigenvalue weighted by Gasteiger charge is -2.25. The van der Waals surface area contributed by atoms with Crippen LogP contribution in [0.15, 0.2) is 48.5 Å². The molecule has 0 saturated carbocycles. The zero-order valence-corrected chi connectivity index (χ0v) is 18.3. The second-order valence-electron chi connectivity index (χ2n) is 7.90. The second kappa shape index (κ2) is 10.3. The van der Waals surface area contributed by atoms with Gasteiger partial charge in [0.2, 0.25) is 5.91 Å². The summed E-state index contributed by atoms with van der Waals surface area (Å²) < 4.78 is 10.7. The number of fused-ring (bicyclic) bond motifs is 3. The molecular formula is C24H28N2O6. The first-order chi connectivity index (χ1) is 15.3. The van der Waals surface area contributed by atoms with Crippen molar-refractivity contribution >= 4 is 18.0 Å². The number of nitrogens with one attached hydrogen (secondary N) is 2. The normalized spacial score (nSPS) is 15.1. The average molecular weight is 440 g/mol. The highest BCUT2D eigenvalue weighted by atomic mass is 16.5. The highest BCUT2D eigenvalue weighted by molar-refractivity contribution is 5.87. The maximum Gasteiger partial charge on any atom is 0.407 e. The summed E-state index contributed by atoms with van der Waals surface area (Å²) in [7, 11) is 1.42. The van der Waals surface area contributed by atoms with Gasteiger partial charge in [-0.25, -0.2) is 4.79 Å². The fourth-order valence-electron chi connectivity index (χ4n) is 3.94. The minimum atomic E-state index is -1.04. The summed E-state index contributed by atoms with van der Waals surface area (Å²) in [5, 5.41) is 14.0. The molecule has 2 amide bonds. The molecular weight excluding hydrogens is 412 g/mol. The predicted octanol–water partition coefficient (Wildman–Crippen LogP) is 2.91. The quantitative estimate of drug-likeness (QED) is 0.553. The number of carboxylic acids is 1. The minimum Gasteiger partial charge on any atom is -0.481 e. The number of hydrogen-bond donors (Lipinski definition) is 3. The molecule has 0 spiro atoms. The zero-order valence-electron chi connectivity index (χ0n) is 18.3. The van der Waals surface area contributed by atoms with Gasteiger partial charge in [-0.1, -0.05) is 48.5 Å². The van der Waals surface area contributed by atoms with E-state index in [2.05, 4.69) is 10.6 Å². The van der Waals surface area contributed by atoms with Gasteiger partial charge in [-0.05, 0) is 36.1 Å². The van der Waals surface area contributed by atoms with E-state index < -0.39 is 36.2 Å². The number of aliphatic carboxylic acids is 1.